The fourth-order valence-corrected chi connectivity index (χ4v) is 2.22. The zero-order valence-corrected chi connectivity index (χ0v) is 11.3. The van der Waals surface area contributed by atoms with E-state index in [4.69, 9.17) is 21.1 Å². The van der Waals surface area contributed by atoms with Crippen molar-refractivity contribution >= 4 is 11.6 Å². The number of aliphatic hydroxyl groups excluding tert-OH is 4. The highest BCUT2D eigenvalue weighted by atomic mass is 35.5. The summed E-state index contributed by atoms with van der Waals surface area (Å²) in [5, 5.41) is 38.9. The summed E-state index contributed by atoms with van der Waals surface area (Å²) in [6, 6.07) is 6.81. The van der Waals surface area contributed by atoms with Gasteiger partial charge in [-0.15, -0.1) is 0 Å². The third-order valence-corrected chi connectivity index (χ3v) is 3.53. The van der Waals surface area contributed by atoms with Gasteiger partial charge in [-0.2, -0.15) is 0 Å². The highest BCUT2D eigenvalue weighted by molar-refractivity contribution is 6.31. The Morgan fingerprint density at radius 3 is 2.50 bits per heavy atom. The van der Waals surface area contributed by atoms with E-state index < -0.39 is 37.3 Å². The molecule has 6 nitrogen and oxygen atoms in total. The molecule has 2 rings (SSSR count). The van der Waals surface area contributed by atoms with Gasteiger partial charge in [0, 0.05) is 10.6 Å². The number of halogens is 1. The normalized spacial score (nSPS) is 35.4. The topological polar surface area (TPSA) is 99.4 Å². The summed E-state index contributed by atoms with van der Waals surface area (Å²) in [6.45, 7) is -0.762. The molecule has 0 amide bonds. The Hall–Kier alpha value is -0.730. The molecule has 0 bridgehead atoms. The molecule has 7 heteroatoms. The maximum absolute atomic E-state index is 9.86. The summed E-state index contributed by atoms with van der Waals surface area (Å²) in [5.74, 6) is 0. The lowest BCUT2D eigenvalue weighted by atomic mass is 10.0. The highest BCUT2D eigenvalue weighted by Crippen LogP contribution is 2.30. The third kappa shape index (κ3) is 3.29. The molecule has 1 aromatic rings. The van der Waals surface area contributed by atoms with Crippen molar-refractivity contribution in [3.05, 3.63) is 34.9 Å². The summed E-state index contributed by atoms with van der Waals surface area (Å²) in [6.07, 6.45) is -6.21. The Labute approximate surface area is 121 Å². The minimum absolute atomic E-state index is 0.230. The Kier molecular flexibility index (Phi) is 5.34. The molecule has 1 aliphatic heterocycles. The maximum Gasteiger partial charge on any atom is 0.185 e. The summed E-state index contributed by atoms with van der Waals surface area (Å²) in [5.41, 5.74) is 0.517. The Morgan fingerprint density at radius 2 is 1.85 bits per heavy atom. The molecule has 20 heavy (non-hydrogen) atoms. The molecule has 0 saturated carbocycles. The molecule has 112 valence electrons. The highest BCUT2D eigenvalue weighted by Gasteiger charge is 2.37. The van der Waals surface area contributed by atoms with E-state index in [2.05, 4.69) is 0 Å². The average Bonchev–Trinajstić information content (AvgIpc) is 2.46. The first-order valence-corrected chi connectivity index (χ1v) is 6.59. The van der Waals surface area contributed by atoms with Gasteiger partial charge < -0.3 is 29.9 Å². The first-order valence-electron chi connectivity index (χ1n) is 6.21. The van der Waals surface area contributed by atoms with E-state index in [1.165, 1.54) is 0 Å². The van der Waals surface area contributed by atoms with Crippen molar-refractivity contribution in [2.75, 3.05) is 13.2 Å². The van der Waals surface area contributed by atoms with Gasteiger partial charge in [0.25, 0.3) is 0 Å². The molecule has 0 aliphatic carbocycles. The van der Waals surface area contributed by atoms with E-state index in [0.717, 1.165) is 0 Å². The van der Waals surface area contributed by atoms with E-state index in [9.17, 15) is 20.4 Å². The first kappa shape index (κ1) is 15.7. The second kappa shape index (κ2) is 6.82. The zero-order chi connectivity index (χ0) is 14.7. The van der Waals surface area contributed by atoms with Crippen LogP contribution in [0.2, 0.25) is 5.02 Å². The van der Waals surface area contributed by atoms with Crippen LogP contribution in [0.1, 0.15) is 11.9 Å². The first-order chi connectivity index (χ1) is 9.54. The molecule has 0 radical (unpaired) electrons. The van der Waals surface area contributed by atoms with E-state index >= 15 is 0 Å². The SMILES string of the molecule is OC[C@@H]1OC(c2ccccc2Cl)OC[C@@H](O)[C@H](O)[C@H]1O. The number of ether oxygens (including phenoxy) is 2. The van der Waals surface area contributed by atoms with Crippen LogP contribution in [0, 0.1) is 0 Å². The monoisotopic (exact) mass is 304 g/mol. The Balaban J connectivity index is 2.24. The van der Waals surface area contributed by atoms with Crippen molar-refractivity contribution in [3.63, 3.8) is 0 Å². The minimum atomic E-state index is -1.46. The zero-order valence-electron chi connectivity index (χ0n) is 10.6. The molecule has 1 heterocycles. The molecule has 4 N–H and O–H groups in total. The van der Waals surface area contributed by atoms with E-state index in [1.54, 1.807) is 24.3 Å². The molecule has 0 aromatic heterocycles. The maximum atomic E-state index is 9.86. The van der Waals surface area contributed by atoms with Gasteiger partial charge >= 0.3 is 0 Å². The lowest BCUT2D eigenvalue weighted by Crippen LogP contribution is -2.51. The lowest BCUT2D eigenvalue weighted by molar-refractivity contribution is -0.256. The molecule has 1 aliphatic rings. The second-order valence-electron chi connectivity index (χ2n) is 4.59. The fraction of sp³-hybridized carbons (Fsp3) is 0.538. The van der Waals surface area contributed by atoms with Gasteiger partial charge in [0.2, 0.25) is 0 Å². The number of rotatable bonds is 2. The number of aliphatic hydroxyl groups is 4. The second-order valence-corrected chi connectivity index (χ2v) is 5.00. The molecular formula is C13H17ClO6. The van der Waals surface area contributed by atoms with E-state index in [-0.39, 0.29) is 6.61 Å². The minimum Gasteiger partial charge on any atom is -0.394 e. The molecule has 1 unspecified atom stereocenters. The summed E-state index contributed by atoms with van der Waals surface area (Å²) in [7, 11) is 0. The quantitative estimate of drug-likeness (QED) is 0.605. The van der Waals surface area contributed by atoms with Crippen LogP contribution in [0.4, 0.5) is 0 Å². The van der Waals surface area contributed by atoms with Crippen LogP contribution in [0.5, 0.6) is 0 Å². The van der Waals surface area contributed by atoms with Gasteiger partial charge in [-0.3, -0.25) is 0 Å². The van der Waals surface area contributed by atoms with E-state index in [1.807, 2.05) is 0 Å². The number of benzene rings is 1. The summed E-state index contributed by atoms with van der Waals surface area (Å²) < 4.78 is 10.8. The van der Waals surface area contributed by atoms with Crippen molar-refractivity contribution in [1.82, 2.24) is 0 Å². The largest absolute Gasteiger partial charge is 0.394 e. The van der Waals surface area contributed by atoms with Crippen LogP contribution in [0.3, 0.4) is 0 Å². The summed E-state index contributed by atoms with van der Waals surface area (Å²) >= 11 is 6.05. The van der Waals surface area contributed by atoms with Crippen molar-refractivity contribution in [3.8, 4) is 0 Å². The third-order valence-electron chi connectivity index (χ3n) is 3.18. The van der Waals surface area contributed by atoms with Crippen molar-refractivity contribution < 1.29 is 29.9 Å². The predicted octanol–water partition coefficient (Wildman–Crippen LogP) is -0.171. The Morgan fingerprint density at radius 1 is 1.15 bits per heavy atom. The predicted molar refractivity (Wildman–Crippen MR) is 70.1 cm³/mol. The van der Waals surface area contributed by atoms with Crippen LogP contribution in [-0.2, 0) is 9.47 Å². The fourth-order valence-electron chi connectivity index (χ4n) is 1.99. The Bertz CT molecular complexity index is 443. The van der Waals surface area contributed by atoms with Gasteiger partial charge in [-0.25, -0.2) is 0 Å². The van der Waals surface area contributed by atoms with Crippen LogP contribution in [0.25, 0.3) is 0 Å². The standard InChI is InChI=1S/C13H17ClO6/c14-8-4-2-1-3-7(8)13-19-6-9(16)11(17)12(18)10(5-15)20-13/h1-4,9-13,15-18H,5-6H2/t9-,10+,11+,12+,13?/m1/s1. The van der Waals surface area contributed by atoms with Crippen molar-refractivity contribution in [1.29, 1.82) is 0 Å². The molecule has 5 atom stereocenters. The number of hydrogen-bond acceptors (Lipinski definition) is 6. The smallest absolute Gasteiger partial charge is 0.185 e. The molecular weight excluding hydrogens is 288 g/mol. The van der Waals surface area contributed by atoms with E-state index in [0.29, 0.717) is 10.6 Å². The molecule has 1 fully saturated rings. The van der Waals surface area contributed by atoms with Gasteiger partial charge in [0.05, 0.1) is 13.2 Å². The van der Waals surface area contributed by atoms with Gasteiger partial charge in [-0.1, -0.05) is 29.8 Å². The van der Waals surface area contributed by atoms with Crippen LogP contribution in [0.15, 0.2) is 24.3 Å². The molecule has 1 saturated heterocycles. The van der Waals surface area contributed by atoms with Crippen molar-refractivity contribution in [2.45, 2.75) is 30.7 Å². The summed E-state index contributed by atoms with van der Waals surface area (Å²) in [4.78, 5) is 0. The average molecular weight is 305 g/mol. The van der Waals surface area contributed by atoms with Gasteiger partial charge in [0.15, 0.2) is 6.29 Å². The van der Waals surface area contributed by atoms with Gasteiger partial charge in [0.1, 0.15) is 24.4 Å². The van der Waals surface area contributed by atoms with Crippen LogP contribution < -0.4 is 0 Å². The molecule has 1 aromatic carbocycles. The van der Waals surface area contributed by atoms with Crippen LogP contribution in [-0.4, -0.2) is 58.1 Å². The lowest BCUT2D eigenvalue weighted by Gasteiger charge is -2.35. The van der Waals surface area contributed by atoms with Gasteiger partial charge in [-0.05, 0) is 6.07 Å². The number of hydrogen-bond donors (Lipinski definition) is 4. The van der Waals surface area contributed by atoms with Crippen molar-refractivity contribution in [2.24, 2.45) is 0 Å². The van der Waals surface area contributed by atoms with Crippen LogP contribution >= 0.6 is 11.6 Å². The molecule has 0 spiro atoms.